The summed E-state index contributed by atoms with van der Waals surface area (Å²) >= 11 is 4.11. The number of amides is 19. The lowest BCUT2D eigenvalue weighted by Gasteiger charge is -2.28. The van der Waals surface area contributed by atoms with Crippen LogP contribution in [0.3, 0.4) is 0 Å². The molecule has 19 amide bonds. The van der Waals surface area contributed by atoms with Crippen LogP contribution >= 0.6 is 12.6 Å². The summed E-state index contributed by atoms with van der Waals surface area (Å²) in [5.74, 6) is -16.1. The first-order valence-electron chi connectivity index (χ1n) is 52.6. The molecular formula is C103H173N27O19S. The van der Waals surface area contributed by atoms with Crippen molar-refractivity contribution in [2.24, 2.45) is 69.7 Å². The Morgan fingerprint density at radius 1 is 0.247 bits per heavy atom. The maximum absolute atomic E-state index is 15.0. The van der Waals surface area contributed by atoms with Crippen molar-refractivity contribution in [3.63, 3.8) is 0 Å². The van der Waals surface area contributed by atoms with Crippen molar-refractivity contribution in [2.75, 3.05) is 38.5 Å². The van der Waals surface area contributed by atoms with Crippen LogP contribution in [-0.2, 0) is 104 Å². The van der Waals surface area contributed by atoms with E-state index < -0.39 is 227 Å². The third kappa shape index (κ3) is 46.2. The highest BCUT2D eigenvalue weighted by Gasteiger charge is 2.40. The van der Waals surface area contributed by atoms with Gasteiger partial charge < -0.3 is 146 Å². The van der Waals surface area contributed by atoms with Gasteiger partial charge in [0, 0.05) is 52.8 Å². The second kappa shape index (κ2) is 67.7. The zero-order chi connectivity index (χ0) is 112. The van der Waals surface area contributed by atoms with E-state index in [1.165, 1.54) is 41.5 Å². The van der Waals surface area contributed by atoms with Gasteiger partial charge in [0.05, 0.1) is 6.04 Å². The molecule has 0 saturated heterocycles. The topological polar surface area (TPSA) is 755 Å². The van der Waals surface area contributed by atoms with E-state index in [4.69, 9.17) is 40.1 Å². The van der Waals surface area contributed by atoms with E-state index in [1.54, 1.807) is 72.1 Å². The summed E-state index contributed by atoms with van der Waals surface area (Å²) in [5, 5.41) is 50.0. The minimum Gasteiger partial charge on any atom is -0.368 e. The molecule has 0 radical (unpaired) electrons. The molecular weight excluding hydrogens is 1950 g/mol. The van der Waals surface area contributed by atoms with Gasteiger partial charge in [0.2, 0.25) is 112 Å². The predicted octanol–water partition coefficient (Wildman–Crippen LogP) is -1.10. The molecule has 0 fully saturated rings. The van der Waals surface area contributed by atoms with Gasteiger partial charge in [-0.1, -0.05) is 106 Å². The van der Waals surface area contributed by atoms with Crippen LogP contribution in [0.15, 0.2) is 60.9 Å². The summed E-state index contributed by atoms with van der Waals surface area (Å²) in [6, 6.07) is -10.1. The first-order valence-corrected chi connectivity index (χ1v) is 53.3. The second-order valence-electron chi connectivity index (χ2n) is 41.0. The molecule has 2 aromatic heterocycles. The number of unbranched alkanes of at least 4 members (excludes halogenated alkanes) is 5. The molecule has 0 bridgehead atoms. The Labute approximate surface area is 886 Å². The van der Waals surface area contributed by atoms with Crippen LogP contribution in [0.2, 0.25) is 0 Å². The van der Waals surface area contributed by atoms with Crippen LogP contribution in [0.5, 0.6) is 0 Å². The number of H-pyrrole nitrogens is 2. The van der Waals surface area contributed by atoms with Crippen molar-refractivity contribution in [2.45, 2.75) is 367 Å². The van der Waals surface area contributed by atoms with Gasteiger partial charge in [-0.3, -0.25) is 91.1 Å². The second-order valence-corrected chi connectivity index (χ2v) is 41.4. The van der Waals surface area contributed by atoms with Crippen LogP contribution in [0.1, 0.15) is 250 Å². The average Bonchev–Trinajstić information content (AvgIpc) is 1.67. The molecule has 34 N–H and O–H groups in total. The molecule has 46 nitrogen and oxygen atoms in total. The lowest BCUT2D eigenvalue weighted by atomic mass is 10.00. The standard InChI is InChI=1S/C103H173N27O19S/c1-55(2)45-78(97(143)113-60(11)85(110)131)128-95(141)76(38-24-29-43-107)122-102(148)83(50-66-52-111-71-33-19-17-31-68(66)71)126-87(133)62(13)114-86(132)61(12)115-92(138)73(35-21-26-40-104)120-100(146)81(48-58(7)8)124-88(134)63(14)116-93(139)74(36-22-27-41-105)121-101(147)82(49-59(9)10)125-89(135)64(15)117-99(145)80(47-57(5)6)130-96(142)77(39-25-30-44-108)123-103(149)84(51-67-53-112-72-34-20-18-32-69(67)72)127-90(136)65(16)118-98(144)79(46-56(3)4)129-94(140)75(37-23-28-42-106)119-91(137)70(109)54-150/h17-20,31-34,52-53,55-65,70,73-84,111-112,150H,21-30,35-51,54,104-109H2,1-16H3,(H2,110,131)(H,113,143)(H,114,132)(H,115,138)(H,116,139)(H,117,145)(H,118,144)(H,119,137)(H,120,146)(H,121,147)(H,122,148)(H,123,149)(H,124,134)(H,125,135)(H,126,133)(H,127,136)(H,128,141)(H,129,140)(H,130,142)/t60-,61-,62-,63-,64-,65-,70-,73-,74-,75-,76-,77-,78-,79-,80-,81-,82-,83-,84-/m0/s1. The minimum absolute atomic E-state index is 0.000907. The average molecular weight is 2130 g/mol. The van der Waals surface area contributed by atoms with Gasteiger partial charge in [0.1, 0.15) is 109 Å². The monoisotopic (exact) mass is 2120 g/mol. The van der Waals surface area contributed by atoms with E-state index >= 15 is 0 Å². The van der Waals surface area contributed by atoms with Crippen molar-refractivity contribution in [3.05, 3.63) is 72.1 Å². The maximum Gasteiger partial charge on any atom is 0.243 e. The Balaban J connectivity index is 1.52. The van der Waals surface area contributed by atoms with Crippen molar-refractivity contribution < 1.29 is 91.1 Å². The summed E-state index contributed by atoms with van der Waals surface area (Å²) in [6.45, 7) is 27.4. The number of carbonyl (C=O) groups is 19. The molecule has 4 aromatic rings. The van der Waals surface area contributed by atoms with Crippen LogP contribution < -0.4 is 136 Å². The van der Waals surface area contributed by atoms with Gasteiger partial charge in [-0.25, -0.2) is 0 Å². The number of fused-ring (bicyclic) bond motifs is 2. The van der Waals surface area contributed by atoms with Crippen LogP contribution in [0.4, 0.5) is 0 Å². The van der Waals surface area contributed by atoms with E-state index in [0.717, 1.165) is 10.9 Å². The number of nitrogens with two attached hydrogens (primary N) is 7. The Morgan fingerprint density at radius 2 is 0.433 bits per heavy atom. The number of primary amides is 1. The van der Waals surface area contributed by atoms with Crippen LogP contribution in [0, 0.1) is 29.6 Å². The van der Waals surface area contributed by atoms with Crippen molar-refractivity contribution in [1.29, 1.82) is 0 Å². The van der Waals surface area contributed by atoms with Gasteiger partial charge in [-0.05, 0) is 256 Å². The number of para-hydroxylation sites is 2. The van der Waals surface area contributed by atoms with Gasteiger partial charge in [-0.15, -0.1) is 0 Å². The molecule has 2 heterocycles. The minimum atomic E-state index is -1.42. The fourth-order valence-corrected chi connectivity index (χ4v) is 16.7. The number of hydrogen-bond donors (Lipinski definition) is 28. The normalized spacial score (nSPS) is 15.3. The SMILES string of the molecule is CC(C)C[C@H](NC(=O)[C@H](C)NC(=O)[C@H](CCCCN)NC(=O)[C@H](CC(C)C)NC(=O)[C@H](C)NC(=O)[C@H](CC(C)C)NC(=O)[C@H](CCCCN)NC(=O)[C@H](Cc1c[nH]c2ccccc12)NC(=O)[C@H](C)NC(=O)[C@H](CC(C)C)NC(=O)[C@H](CCCCN)NC(=O)[C@@H](N)CS)C(=O)N[C@@H](CCCCN)C(=O)N[C@@H](C)C(=O)N[C@@H](C)C(=O)N[C@@H](Cc1c[nH]c2ccccc12)C(=O)N[C@@H](CCCCN)C(=O)N[C@@H](CC(C)C)C(=O)N[C@@H](C)C(N)=O. The molecule has 0 saturated carbocycles. The quantitative estimate of drug-likeness (QED) is 0.0184. The van der Waals surface area contributed by atoms with Gasteiger partial charge in [0.15, 0.2) is 0 Å². The summed E-state index contributed by atoms with van der Waals surface area (Å²) in [6.07, 6.45) is 7.57. The first kappa shape index (κ1) is 130. The smallest absolute Gasteiger partial charge is 0.243 e. The zero-order valence-corrected chi connectivity index (χ0v) is 91.1. The molecule has 0 unspecified atom stereocenters. The number of benzene rings is 2. The van der Waals surface area contributed by atoms with Gasteiger partial charge >= 0.3 is 0 Å². The summed E-state index contributed by atoms with van der Waals surface area (Å²) in [4.78, 5) is 276. The summed E-state index contributed by atoms with van der Waals surface area (Å²) in [7, 11) is 0. The van der Waals surface area contributed by atoms with E-state index in [9.17, 15) is 91.1 Å². The lowest BCUT2D eigenvalue weighted by Crippen LogP contribution is -2.61. The Morgan fingerprint density at radius 3 is 0.673 bits per heavy atom. The molecule has 4 rings (SSSR count). The van der Waals surface area contributed by atoms with Crippen LogP contribution in [0.25, 0.3) is 21.8 Å². The van der Waals surface area contributed by atoms with Gasteiger partial charge in [-0.2, -0.15) is 12.6 Å². The number of nitrogens with one attached hydrogen (secondary N) is 20. The van der Waals surface area contributed by atoms with Gasteiger partial charge in [0.25, 0.3) is 0 Å². The molecule has 47 heteroatoms. The molecule has 2 aromatic carbocycles. The fraction of sp³-hybridized carbons (Fsp3) is 0.660. The number of hydrogen-bond acceptors (Lipinski definition) is 26. The third-order valence-electron chi connectivity index (χ3n) is 25.1. The Kier molecular flexibility index (Phi) is 58.6. The zero-order valence-electron chi connectivity index (χ0n) is 90.2. The highest BCUT2D eigenvalue weighted by molar-refractivity contribution is 7.80. The van der Waals surface area contributed by atoms with E-state index in [-0.39, 0.29) is 139 Å². The summed E-state index contributed by atoms with van der Waals surface area (Å²) in [5.41, 5.74) is 43.2. The van der Waals surface area contributed by atoms with Crippen molar-refractivity contribution in [3.8, 4) is 0 Å². The number of aromatic amines is 2. The molecule has 0 aliphatic heterocycles. The molecule has 19 atom stereocenters. The van der Waals surface area contributed by atoms with E-state index in [1.807, 2.05) is 58.0 Å². The predicted molar refractivity (Wildman–Crippen MR) is 576 cm³/mol. The van der Waals surface area contributed by atoms with E-state index in [2.05, 4.69) is 118 Å². The molecule has 0 aliphatic rings. The molecule has 150 heavy (non-hydrogen) atoms. The van der Waals surface area contributed by atoms with E-state index in [0.29, 0.717) is 92.8 Å². The molecule has 0 aliphatic carbocycles. The van der Waals surface area contributed by atoms with Crippen LogP contribution in [-0.4, -0.2) is 275 Å². The fourth-order valence-electron chi connectivity index (χ4n) is 16.5. The number of carbonyl (C=O) groups excluding carboxylic acids is 19. The highest BCUT2D eigenvalue weighted by Crippen LogP contribution is 2.24. The Bertz CT molecular complexity index is 5050. The Hall–Kier alpha value is -12.4. The van der Waals surface area contributed by atoms with Crippen molar-refractivity contribution in [1.82, 2.24) is 106 Å². The maximum atomic E-state index is 15.0. The molecule has 840 valence electrons. The summed E-state index contributed by atoms with van der Waals surface area (Å²) < 4.78 is 0. The lowest BCUT2D eigenvalue weighted by molar-refractivity contribution is -0.136. The number of aromatic nitrogens is 2. The largest absolute Gasteiger partial charge is 0.368 e. The first-order chi connectivity index (χ1) is 70.9. The third-order valence-corrected chi connectivity index (χ3v) is 25.5. The van der Waals surface area contributed by atoms with Crippen molar-refractivity contribution >= 4 is 147 Å². The highest BCUT2D eigenvalue weighted by atomic mass is 32.1. The number of rotatable bonds is 72. The number of thiol groups is 1. The molecule has 0 spiro atoms.